The molecule has 1 fully saturated rings. The fourth-order valence-corrected chi connectivity index (χ4v) is 3.75. The monoisotopic (exact) mass is 327 g/mol. The molecule has 0 saturated heterocycles. The summed E-state index contributed by atoms with van der Waals surface area (Å²) in [5, 5.41) is 0. The molecular weight excluding hydrogens is 305 g/mol. The van der Waals surface area contributed by atoms with E-state index in [1.165, 1.54) is 31.2 Å². The fraction of sp³-hybridized carbons (Fsp3) is 0.625. The Labute approximate surface area is 123 Å². The maximum atomic E-state index is 13.3. The smallest absolute Gasteiger partial charge is 0.137 e. The Kier molecular flexibility index (Phi) is 5.40. The molecule has 19 heavy (non-hydrogen) atoms. The fourth-order valence-electron chi connectivity index (χ4n) is 3.32. The summed E-state index contributed by atoms with van der Waals surface area (Å²) in [6.45, 7) is 3.06. The van der Waals surface area contributed by atoms with Gasteiger partial charge in [-0.1, -0.05) is 25.8 Å². The first-order valence-corrected chi connectivity index (χ1v) is 8.07. The predicted molar refractivity (Wildman–Crippen MR) is 81.5 cm³/mol. The van der Waals surface area contributed by atoms with Gasteiger partial charge in [-0.05, 0) is 77.2 Å². The summed E-state index contributed by atoms with van der Waals surface area (Å²) < 4.78 is 13.8. The van der Waals surface area contributed by atoms with Crippen molar-refractivity contribution in [2.75, 3.05) is 6.54 Å². The van der Waals surface area contributed by atoms with Crippen LogP contribution in [0.3, 0.4) is 0 Å². The van der Waals surface area contributed by atoms with Crippen LogP contribution in [0.2, 0.25) is 0 Å². The molecule has 1 aliphatic carbocycles. The van der Waals surface area contributed by atoms with Crippen LogP contribution in [0.1, 0.15) is 38.2 Å². The molecule has 1 aromatic rings. The van der Waals surface area contributed by atoms with Crippen LogP contribution in [0.15, 0.2) is 22.7 Å². The summed E-state index contributed by atoms with van der Waals surface area (Å²) in [6.07, 6.45) is 6.13. The molecule has 0 spiro atoms. The summed E-state index contributed by atoms with van der Waals surface area (Å²) in [4.78, 5) is 0. The van der Waals surface area contributed by atoms with Gasteiger partial charge in [-0.25, -0.2) is 4.39 Å². The molecule has 106 valence electrons. The van der Waals surface area contributed by atoms with Crippen LogP contribution in [0, 0.1) is 23.6 Å². The SMILES string of the molecule is CCC1CCC(CN)C(Cc2ccc(F)c(Br)c2)C1. The Balaban J connectivity index is 2.07. The summed E-state index contributed by atoms with van der Waals surface area (Å²) in [5.74, 6) is 1.94. The maximum Gasteiger partial charge on any atom is 0.137 e. The number of benzene rings is 1. The van der Waals surface area contributed by atoms with Gasteiger partial charge in [-0.15, -0.1) is 0 Å². The van der Waals surface area contributed by atoms with E-state index in [0.717, 1.165) is 18.9 Å². The minimum Gasteiger partial charge on any atom is -0.330 e. The molecule has 0 amide bonds. The minimum atomic E-state index is -0.186. The third-order valence-electron chi connectivity index (χ3n) is 4.61. The molecule has 1 aromatic carbocycles. The largest absolute Gasteiger partial charge is 0.330 e. The van der Waals surface area contributed by atoms with Gasteiger partial charge in [0.1, 0.15) is 5.82 Å². The lowest BCUT2D eigenvalue weighted by Crippen LogP contribution is -2.31. The van der Waals surface area contributed by atoms with Crippen molar-refractivity contribution in [1.82, 2.24) is 0 Å². The first-order valence-electron chi connectivity index (χ1n) is 7.28. The lowest BCUT2D eigenvalue weighted by molar-refractivity contribution is 0.180. The molecule has 3 heteroatoms. The van der Waals surface area contributed by atoms with Gasteiger partial charge in [-0.2, -0.15) is 0 Å². The topological polar surface area (TPSA) is 26.0 Å². The van der Waals surface area contributed by atoms with Crippen LogP contribution in [0.25, 0.3) is 0 Å². The zero-order chi connectivity index (χ0) is 13.8. The zero-order valence-electron chi connectivity index (χ0n) is 11.5. The lowest BCUT2D eigenvalue weighted by Gasteiger charge is -2.35. The zero-order valence-corrected chi connectivity index (χ0v) is 13.1. The van der Waals surface area contributed by atoms with Crippen molar-refractivity contribution < 1.29 is 4.39 Å². The second-order valence-electron chi connectivity index (χ2n) is 5.80. The Hall–Kier alpha value is -0.410. The standard InChI is InChI=1S/C16H23BrFN/c1-2-11-3-5-13(10-19)14(7-11)8-12-4-6-16(18)15(17)9-12/h4,6,9,11,13-14H,2-3,5,7-8,10,19H2,1H3. The Morgan fingerprint density at radius 1 is 1.32 bits per heavy atom. The molecule has 1 nitrogen and oxygen atoms in total. The Bertz CT molecular complexity index is 421. The van der Waals surface area contributed by atoms with E-state index < -0.39 is 0 Å². The van der Waals surface area contributed by atoms with Crippen LogP contribution in [-0.4, -0.2) is 6.54 Å². The van der Waals surface area contributed by atoms with Crippen molar-refractivity contribution in [2.24, 2.45) is 23.5 Å². The van der Waals surface area contributed by atoms with Gasteiger partial charge in [0.25, 0.3) is 0 Å². The van der Waals surface area contributed by atoms with Crippen LogP contribution < -0.4 is 5.73 Å². The van der Waals surface area contributed by atoms with E-state index in [1.54, 1.807) is 6.07 Å². The molecule has 0 radical (unpaired) electrons. The summed E-state index contributed by atoms with van der Waals surface area (Å²) in [5.41, 5.74) is 7.14. The van der Waals surface area contributed by atoms with Crippen LogP contribution in [-0.2, 0) is 6.42 Å². The van der Waals surface area contributed by atoms with Crippen molar-refractivity contribution >= 4 is 15.9 Å². The number of hydrogen-bond acceptors (Lipinski definition) is 1. The highest BCUT2D eigenvalue weighted by Gasteiger charge is 2.28. The first kappa shape index (κ1) is 15.0. The number of hydrogen-bond donors (Lipinski definition) is 1. The molecule has 3 atom stereocenters. The minimum absolute atomic E-state index is 0.186. The molecule has 1 aliphatic rings. The second-order valence-corrected chi connectivity index (χ2v) is 6.65. The van der Waals surface area contributed by atoms with E-state index in [4.69, 9.17) is 5.73 Å². The average molecular weight is 328 g/mol. The number of rotatable bonds is 4. The summed E-state index contributed by atoms with van der Waals surface area (Å²) in [6, 6.07) is 5.37. The molecule has 0 bridgehead atoms. The molecule has 0 aliphatic heterocycles. The van der Waals surface area contributed by atoms with Crippen molar-refractivity contribution in [3.8, 4) is 0 Å². The summed E-state index contributed by atoms with van der Waals surface area (Å²) in [7, 11) is 0. The normalized spacial score (nSPS) is 27.5. The molecule has 1 saturated carbocycles. The molecule has 0 heterocycles. The summed E-state index contributed by atoms with van der Waals surface area (Å²) >= 11 is 3.27. The van der Waals surface area contributed by atoms with E-state index >= 15 is 0 Å². The quantitative estimate of drug-likeness (QED) is 0.863. The van der Waals surface area contributed by atoms with Crippen LogP contribution >= 0.6 is 15.9 Å². The third-order valence-corrected chi connectivity index (χ3v) is 5.22. The highest BCUT2D eigenvalue weighted by molar-refractivity contribution is 9.10. The molecule has 3 unspecified atom stereocenters. The molecular formula is C16H23BrFN. The van der Waals surface area contributed by atoms with Gasteiger partial charge in [0, 0.05) is 0 Å². The Morgan fingerprint density at radius 2 is 2.11 bits per heavy atom. The maximum absolute atomic E-state index is 13.3. The third kappa shape index (κ3) is 3.79. The van der Waals surface area contributed by atoms with Crippen molar-refractivity contribution in [1.29, 1.82) is 0 Å². The number of halogens is 2. The van der Waals surface area contributed by atoms with E-state index in [1.807, 2.05) is 12.1 Å². The van der Waals surface area contributed by atoms with Crippen LogP contribution in [0.5, 0.6) is 0 Å². The molecule has 2 N–H and O–H groups in total. The van der Waals surface area contributed by atoms with Gasteiger partial charge in [0.05, 0.1) is 4.47 Å². The molecule has 2 rings (SSSR count). The van der Waals surface area contributed by atoms with Crippen molar-refractivity contribution in [2.45, 2.75) is 39.0 Å². The highest BCUT2D eigenvalue weighted by atomic mass is 79.9. The van der Waals surface area contributed by atoms with E-state index in [2.05, 4.69) is 22.9 Å². The highest BCUT2D eigenvalue weighted by Crippen LogP contribution is 2.37. The van der Waals surface area contributed by atoms with Gasteiger partial charge in [0.15, 0.2) is 0 Å². The predicted octanol–water partition coefficient (Wildman–Crippen LogP) is 4.53. The van der Waals surface area contributed by atoms with E-state index in [-0.39, 0.29) is 5.82 Å². The lowest BCUT2D eigenvalue weighted by atomic mass is 9.71. The molecule has 0 aromatic heterocycles. The van der Waals surface area contributed by atoms with Gasteiger partial charge in [-0.3, -0.25) is 0 Å². The van der Waals surface area contributed by atoms with Gasteiger partial charge < -0.3 is 5.73 Å². The second kappa shape index (κ2) is 6.85. The average Bonchev–Trinajstić information content (AvgIpc) is 2.43. The Morgan fingerprint density at radius 3 is 2.74 bits per heavy atom. The van der Waals surface area contributed by atoms with E-state index in [0.29, 0.717) is 16.3 Å². The van der Waals surface area contributed by atoms with Gasteiger partial charge >= 0.3 is 0 Å². The van der Waals surface area contributed by atoms with E-state index in [9.17, 15) is 4.39 Å². The van der Waals surface area contributed by atoms with Crippen LogP contribution in [0.4, 0.5) is 4.39 Å². The number of nitrogens with two attached hydrogens (primary N) is 1. The first-order chi connectivity index (χ1) is 9.13. The van der Waals surface area contributed by atoms with Crippen molar-refractivity contribution in [3.63, 3.8) is 0 Å². The van der Waals surface area contributed by atoms with Gasteiger partial charge in [0.2, 0.25) is 0 Å². The van der Waals surface area contributed by atoms with Crippen molar-refractivity contribution in [3.05, 3.63) is 34.1 Å².